The van der Waals surface area contributed by atoms with E-state index >= 15 is 0 Å². The van der Waals surface area contributed by atoms with E-state index in [9.17, 15) is 9.59 Å². The van der Waals surface area contributed by atoms with Crippen molar-refractivity contribution in [1.29, 1.82) is 0 Å². The van der Waals surface area contributed by atoms with Crippen molar-refractivity contribution < 1.29 is 4.79 Å². The number of fused-ring (bicyclic) bond motifs is 1. The summed E-state index contributed by atoms with van der Waals surface area (Å²) < 4.78 is 2.32. The Balaban J connectivity index is 2.28. The summed E-state index contributed by atoms with van der Waals surface area (Å²) in [4.78, 5) is 23.9. The van der Waals surface area contributed by atoms with Crippen LogP contribution in [0.5, 0.6) is 0 Å². The molecule has 3 rings (SSSR count). The number of carbonyl (C=O) groups excluding carboxylic acids is 1. The summed E-state index contributed by atoms with van der Waals surface area (Å²) >= 11 is 1.12. The lowest BCUT2D eigenvalue weighted by molar-refractivity contribution is -0.120. The first-order valence-electron chi connectivity index (χ1n) is 6.13. The summed E-state index contributed by atoms with van der Waals surface area (Å²) in [6.07, 6.45) is 0. The minimum atomic E-state index is -0.778. The fourth-order valence-corrected chi connectivity index (χ4v) is 3.21. The molecule has 3 aromatic rings. The van der Waals surface area contributed by atoms with Crippen LogP contribution in [0.25, 0.3) is 10.2 Å². The number of thiazole rings is 1. The summed E-state index contributed by atoms with van der Waals surface area (Å²) in [5.74, 6) is -0.540. The number of hydrogen-bond acceptors (Lipinski definition) is 3. The molecule has 0 bridgehead atoms. The molecule has 1 unspecified atom stereocenters. The summed E-state index contributed by atoms with van der Waals surface area (Å²) in [5.41, 5.74) is 6.97. The summed E-state index contributed by atoms with van der Waals surface area (Å²) in [6, 6.07) is 15.7. The first-order chi connectivity index (χ1) is 9.68. The molecule has 1 amide bonds. The Morgan fingerprint density at radius 1 is 1.05 bits per heavy atom. The number of nitrogens with two attached hydrogens (primary N) is 1. The Kier molecular flexibility index (Phi) is 3.12. The van der Waals surface area contributed by atoms with Gasteiger partial charge in [-0.2, -0.15) is 0 Å². The molecule has 0 radical (unpaired) electrons. The predicted molar refractivity (Wildman–Crippen MR) is 79.9 cm³/mol. The van der Waals surface area contributed by atoms with Gasteiger partial charge in [-0.25, -0.2) is 0 Å². The Bertz CT molecular complexity index is 821. The summed E-state index contributed by atoms with van der Waals surface area (Å²) in [7, 11) is 0. The van der Waals surface area contributed by atoms with Crippen LogP contribution >= 0.6 is 11.3 Å². The van der Waals surface area contributed by atoms with Gasteiger partial charge in [0.05, 0.1) is 10.2 Å². The van der Waals surface area contributed by atoms with Crippen LogP contribution in [-0.4, -0.2) is 10.5 Å². The van der Waals surface area contributed by atoms with Crippen molar-refractivity contribution in [3.05, 3.63) is 69.8 Å². The maximum atomic E-state index is 12.2. The highest BCUT2D eigenvalue weighted by Gasteiger charge is 2.23. The van der Waals surface area contributed by atoms with Gasteiger partial charge in [0.15, 0.2) is 0 Å². The molecule has 2 aromatic carbocycles. The van der Waals surface area contributed by atoms with Gasteiger partial charge in [-0.05, 0) is 17.7 Å². The lowest BCUT2D eigenvalue weighted by Gasteiger charge is -2.15. The number of aromatic nitrogens is 1. The van der Waals surface area contributed by atoms with E-state index in [1.165, 1.54) is 4.57 Å². The fraction of sp³-hybridized carbons (Fsp3) is 0.0667. The van der Waals surface area contributed by atoms with Gasteiger partial charge >= 0.3 is 4.87 Å². The van der Waals surface area contributed by atoms with Crippen LogP contribution in [0.2, 0.25) is 0 Å². The molecule has 0 aliphatic carbocycles. The lowest BCUT2D eigenvalue weighted by atomic mass is 10.1. The van der Waals surface area contributed by atoms with Gasteiger partial charge in [0, 0.05) is 0 Å². The molecule has 0 aliphatic rings. The number of benzene rings is 2. The molecular formula is C15H12N2O2S. The molecule has 1 heterocycles. The third-order valence-corrected chi connectivity index (χ3v) is 4.10. The van der Waals surface area contributed by atoms with Crippen molar-refractivity contribution in [1.82, 2.24) is 4.57 Å². The SMILES string of the molecule is NC(=O)C(c1ccccc1)n1c(=O)sc2ccccc21. The molecule has 2 N–H and O–H groups in total. The zero-order valence-electron chi connectivity index (χ0n) is 10.5. The van der Waals surface area contributed by atoms with E-state index in [0.29, 0.717) is 5.56 Å². The van der Waals surface area contributed by atoms with E-state index in [4.69, 9.17) is 5.73 Å². The van der Waals surface area contributed by atoms with Crippen LogP contribution in [-0.2, 0) is 4.79 Å². The minimum Gasteiger partial charge on any atom is -0.368 e. The Hall–Kier alpha value is -2.40. The first-order valence-corrected chi connectivity index (χ1v) is 6.94. The second-order valence-corrected chi connectivity index (χ2v) is 5.41. The highest BCUT2D eigenvalue weighted by atomic mass is 32.1. The van der Waals surface area contributed by atoms with E-state index in [1.807, 2.05) is 42.5 Å². The fourth-order valence-electron chi connectivity index (χ4n) is 2.30. The zero-order valence-corrected chi connectivity index (χ0v) is 11.3. The lowest BCUT2D eigenvalue weighted by Crippen LogP contribution is -2.32. The highest BCUT2D eigenvalue weighted by Crippen LogP contribution is 2.24. The van der Waals surface area contributed by atoms with Gasteiger partial charge in [-0.1, -0.05) is 53.8 Å². The number of nitrogens with zero attached hydrogens (tertiary/aromatic N) is 1. The average Bonchev–Trinajstić information content (AvgIpc) is 2.77. The zero-order chi connectivity index (χ0) is 14.1. The van der Waals surface area contributed by atoms with Crippen molar-refractivity contribution in [2.75, 3.05) is 0 Å². The molecule has 0 saturated heterocycles. The number of hydrogen-bond donors (Lipinski definition) is 1. The smallest absolute Gasteiger partial charge is 0.309 e. The normalized spacial score (nSPS) is 12.4. The van der Waals surface area contributed by atoms with Gasteiger partial charge in [-0.15, -0.1) is 0 Å². The van der Waals surface area contributed by atoms with Crippen LogP contribution < -0.4 is 10.6 Å². The molecule has 20 heavy (non-hydrogen) atoms. The molecule has 1 atom stereocenters. The molecule has 1 aromatic heterocycles. The first kappa shape index (κ1) is 12.6. The second kappa shape index (κ2) is 4.94. The molecule has 0 saturated carbocycles. The van der Waals surface area contributed by atoms with Crippen LogP contribution in [0.1, 0.15) is 11.6 Å². The van der Waals surface area contributed by atoms with Crippen molar-refractivity contribution in [3.8, 4) is 0 Å². The number of amides is 1. The van der Waals surface area contributed by atoms with Gasteiger partial charge in [0.25, 0.3) is 0 Å². The molecular weight excluding hydrogens is 272 g/mol. The van der Waals surface area contributed by atoms with E-state index in [1.54, 1.807) is 12.1 Å². The van der Waals surface area contributed by atoms with Crippen LogP contribution in [0.15, 0.2) is 59.4 Å². The van der Waals surface area contributed by atoms with Crippen LogP contribution in [0.3, 0.4) is 0 Å². The number of rotatable bonds is 3. The maximum absolute atomic E-state index is 12.2. The average molecular weight is 284 g/mol. The van der Waals surface area contributed by atoms with Crippen molar-refractivity contribution in [3.63, 3.8) is 0 Å². The topological polar surface area (TPSA) is 65.1 Å². The van der Waals surface area contributed by atoms with Crippen LogP contribution in [0, 0.1) is 0 Å². The van der Waals surface area contributed by atoms with Crippen LogP contribution in [0.4, 0.5) is 0 Å². The van der Waals surface area contributed by atoms with Gasteiger partial charge in [-0.3, -0.25) is 14.2 Å². The monoisotopic (exact) mass is 284 g/mol. The molecule has 0 fully saturated rings. The molecule has 0 aliphatic heterocycles. The Morgan fingerprint density at radius 3 is 2.40 bits per heavy atom. The van der Waals surface area contributed by atoms with E-state index in [0.717, 1.165) is 21.6 Å². The summed E-state index contributed by atoms with van der Waals surface area (Å²) in [5, 5.41) is 0. The van der Waals surface area contributed by atoms with Crippen molar-refractivity contribution in [2.45, 2.75) is 6.04 Å². The third kappa shape index (κ3) is 2.02. The van der Waals surface area contributed by atoms with Gasteiger partial charge in [0.2, 0.25) is 5.91 Å². The van der Waals surface area contributed by atoms with E-state index < -0.39 is 11.9 Å². The van der Waals surface area contributed by atoms with E-state index in [2.05, 4.69) is 0 Å². The minimum absolute atomic E-state index is 0.182. The third-order valence-electron chi connectivity index (χ3n) is 3.16. The van der Waals surface area contributed by atoms with Gasteiger partial charge < -0.3 is 5.73 Å². The number of para-hydroxylation sites is 1. The largest absolute Gasteiger partial charge is 0.368 e. The molecule has 5 heteroatoms. The Morgan fingerprint density at radius 2 is 1.70 bits per heavy atom. The summed E-state index contributed by atoms with van der Waals surface area (Å²) in [6.45, 7) is 0. The second-order valence-electron chi connectivity index (χ2n) is 4.42. The maximum Gasteiger partial charge on any atom is 0.309 e. The molecule has 100 valence electrons. The number of carbonyl (C=O) groups is 1. The number of primary amides is 1. The van der Waals surface area contributed by atoms with Crippen molar-refractivity contribution >= 4 is 27.5 Å². The molecule has 4 nitrogen and oxygen atoms in total. The molecule has 0 spiro atoms. The van der Waals surface area contributed by atoms with Gasteiger partial charge in [0.1, 0.15) is 6.04 Å². The predicted octanol–water partition coefficient (Wildman–Crippen LogP) is 2.14. The highest BCUT2D eigenvalue weighted by molar-refractivity contribution is 7.16. The standard InChI is InChI=1S/C15H12N2O2S/c16-14(18)13(10-6-2-1-3-7-10)17-11-8-4-5-9-12(11)20-15(17)19/h1-9,13H,(H2,16,18). The van der Waals surface area contributed by atoms with Crippen molar-refractivity contribution in [2.24, 2.45) is 5.73 Å². The van der Waals surface area contributed by atoms with E-state index in [-0.39, 0.29) is 4.87 Å². The Labute approximate surface area is 119 Å². The quantitative estimate of drug-likeness (QED) is 0.800.